The Morgan fingerprint density at radius 2 is 1.91 bits per heavy atom. The van der Waals surface area contributed by atoms with Gasteiger partial charge in [0.05, 0.1) is 16.8 Å². The number of halogens is 1. The SMILES string of the molecule is CC1(C)Cc2cc(F)ccc2C(c2ccc3cccnc3c2)=N1. The average Bonchev–Trinajstić information content (AvgIpc) is 2.52. The topological polar surface area (TPSA) is 25.2 Å². The number of pyridine rings is 1. The van der Waals surface area contributed by atoms with Gasteiger partial charge >= 0.3 is 0 Å². The zero-order valence-electron chi connectivity index (χ0n) is 13.2. The van der Waals surface area contributed by atoms with Crippen molar-refractivity contribution in [3.8, 4) is 0 Å². The monoisotopic (exact) mass is 304 g/mol. The number of fused-ring (bicyclic) bond motifs is 2. The highest BCUT2D eigenvalue weighted by Crippen LogP contribution is 2.30. The van der Waals surface area contributed by atoms with Crippen LogP contribution in [0.15, 0.2) is 59.7 Å². The summed E-state index contributed by atoms with van der Waals surface area (Å²) in [6, 6.07) is 15.1. The van der Waals surface area contributed by atoms with Gasteiger partial charge < -0.3 is 0 Å². The van der Waals surface area contributed by atoms with Crippen LogP contribution >= 0.6 is 0 Å². The van der Waals surface area contributed by atoms with E-state index >= 15 is 0 Å². The number of hydrogen-bond donors (Lipinski definition) is 0. The predicted molar refractivity (Wildman–Crippen MR) is 91.6 cm³/mol. The summed E-state index contributed by atoms with van der Waals surface area (Å²) in [5, 5.41) is 1.10. The van der Waals surface area contributed by atoms with Crippen molar-refractivity contribution in [2.45, 2.75) is 25.8 Å². The first-order chi connectivity index (χ1) is 11.0. The van der Waals surface area contributed by atoms with E-state index in [0.29, 0.717) is 0 Å². The summed E-state index contributed by atoms with van der Waals surface area (Å²) < 4.78 is 13.6. The van der Waals surface area contributed by atoms with E-state index < -0.39 is 0 Å². The summed E-state index contributed by atoms with van der Waals surface area (Å²) in [6.45, 7) is 4.17. The Morgan fingerprint density at radius 3 is 2.78 bits per heavy atom. The minimum absolute atomic E-state index is 0.194. The standard InChI is InChI=1S/C20H17FN2/c1-20(2)12-15-10-16(21)7-8-17(15)19(23-20)14-6-5-13-4-3-9-22-18(13)11-14/h3-11H,12H2,1-2H3. The second-order valence-corrected chi connectivity index (χ2v) is 6.66. The van der Waals surface area contributed by atoms with Crippen molar-refractivity contribution in [2.24, 2.45) is 4.99 Å². The fourth-order valence-corrected chi connectivity index (χ4v) is 3.24. The Balaban J connectivity index is 1.93. The van der Waals surface area contributed by atoms with Crippen LogP contribution in [0.3, 0.4) is 0 Å². The smallest absolute Gasteiger partial charge is 0.123 e. The molecule has 1 aliphatic heterocycles. The third-order valence-corrected chi connectivity index (χ3v) is 4.24. The second-order valence-electron chi connectivity index (χ2n) is 6.66. The van der Waals surface area contributed by atoms with Gasteiger partial charge in [0.2, 0.25) is 0 Å². The van der Waals surface area contributed by atoms with E-state index in [1.165, 1.54) is 6.07 Å². The Kier molecular flexibility index (Phi) is 3.05. The lowest BCUT2D eigenvalue weighted by Gasteiger charge is -2.29. The number of nitrogens with zero attached hydrogens (tertiary/aromatic N) is 2. The first-order valence-corrected chi connectivity index (χ1v) is 7.76. The third kappa shape index (κ3) is 2.52. The molecule has 3 heteroatoms. The van der Waals surface area contributed by atoms with Crippen LogP contribution in [-0.2, 0) is 6.42 Å². The van der Waals surface area contributed by atoms with Gasteiger partial charge in [0.1, 0.15) is 5.82 Å². The maximum absolute atomic E-state index is 13.6. The Labute approximate surface area is 134 Å². The molecule has 0 N–H and O–H groups in total. The lowest BCUT2D eigenvalue weighted by molar-refractivity contribution is 0.510. The lowest BCUT2D eigenvalue weighted by atomic mass is 9.85. The summed E-state index contributed by atoms with van der Waals surface area (Å²) in [5.74, 6) is -0.194. The van der Waals surface area contributed by atoms with Crippen LogP contribution in [0.2, 0.25) is 0 Å². The van der Waals surface area contributed by atoms with Crippen molar-refractivity contribution in [3.05, 3.63) is 77.2 Å². The number of hydrogen-bond acceptors (Lipinski definition) is 2. The molecule has 2 aromatic carbocycles. The molecule has 0 fully saturated rings. The van der Waals surface area contributed by atoms with Gasteiger partial charge in [-0.15, -0.1) is 0 Å². The van der Waals surface area contributed by atoms with E-state index in [-0.39, 0.29) is 11.4 Å². The van der Waals surface area contributed by atoms with Crippen molar-refractivity contribution in [1.82, 2.24) is 4.98 Å². The molecule has 1 aromatic heterocycles. The summed E-state index contributed by atoms with van der Waals surface area (Å²) in [6.07, 6.45) is 2.54. The highest BCUT2D eigenvalue weighted by molar-refractivity contribution is 6.15. The first kappa shape index (κ1) is 14.1. The number of aliphatic imine (C=N–C) groups is 1. The molecule has 3 aromatic rings. The van der Waals surface area contributed by atoms with Gasteiger partial charge in [-0.2, -0.15) is 0 Å². The van der Waals surface area contributed by atoms with Gasteiger partial charge in [-0.3, -0.25) is 9.98 Å². The minimum atomic E-state index is -0.241. The van der Waals surface area contributed by atoms with Crippen LogP contribution in [0.4, 0.5) is 4.39 Å². The molecule has 2 nitrogen and oxygen atoms in total. The zero-order valence-corrected chi connectivity index (χ0v) is 13.2. The Bertz CT molecular complexity index is 941. The zero-order chi connectivity index (χ0) is 16.0. The molecular formula is C20H17FN2. The fraction of sp³-hybridized carbons (Fsp3) is 0.200. The molecule has 1 aliphatic rings. The molecule has 4 rings (SSSR count). The molecule has 0 spiro atoms. The molecule has 23 heavy (non-hydrogen) atoms. The highest BCUT2D eigenvalue weighted by atomic mass is 19.1. The van der Waals surface area contributed by atoms with Gasteiger partial charge in [0, 0.05) is 22.7 Å². The average molecular weight is 304 g/mol. The van der Waals surface area contributed by atoms with E-state index in [2.05, 4.69) is 37.0 Å². The van der Waals surface area contributed by atoms with Gasteiger partial charge in [-0.25, -0.2) is 4.39 Å². The van der Waals surface area contributed by atoms with Crippen molar-refractivity contribution < 1.29 is 4.39 Å². The van der Waals surface area contributed by atoms with E-state index in [1.54, 1.807) is 12.3 Å². The molecule has 0 radical (unpaired) electrons. The molecule has 0 atom stereocenters. The fourth-order valence-electron chi connectivity index (χ4n) is 3.24. The molecular weight excluding hydrogens is 287 g/mol. The number of aromatic nitrogens is 1. The van der Waals surface area contributed by atoms with E-state index in [4.69, 9.17) is 4.99 Å². The summed E-state index contributed by atoms with van der Waals surface area (Å²) >= 11 is 0. The largest absolute Gasteiger partial charge is 0.278 e. The molecule has 2 heterocycles. The maximum atomic E-state index is 13.6. The van der Waals surface area contributed by atoms with E-state index in [9.17, 15) is 4.39 Å². The summed E-state index contributed by atoms with van der Waals surface area (Å²) in [7, 11) is 0. The number of benzene rings is 2. The van der Waals surface area contributed by atoms with Gasteiger partial charge in [-0.1, -0.05) is 18.2 Å². The molecule has 114 valence electrons. The van der Waals surface area contributed by atoms with Crippen LogP contribution in [0.1, 0.15) is 30.5 Å². The molecule has 0 aliphatic carbocycles. The third-order valence-electron chi connectivity index (χ3n) is 4.24. The van der Waals surface area contributed by atoms with Crippen LogP contribution in [-0.4, -0.2) is 16.2 Å². The molecule has 0 saturated carbocycles. The lowest BCUT2D eigenvalue weighted by Crippen LogP contribution is -2.29. The molecule has 0 bridgehead atoms. The predicted octanol–water partition coefficient (Wildman–Crippen LogP) is 4.55. The normalized spacial score (nSPS) is 16.0. The Morgan fingerprint density at radius 1 is 1.04 bits per heavy atom. The van der Waals surface area contributed by atoms with Crippen molar-refractivity contribution in [1.29, 1.82) is 0 Å². The molecule has 0 amide bonds. The van der Waals surface area contributed by atoms with Gasteiger partial charge in [0.15, 0.2) is 0 Å². The van der Waals surface area contributed by atoms with Gasteiger partial charge in [-0.05, 0) is 56.2 Å². The summed E-state index contributed by atoms with van der Waals surface area (Å²) in [5.41, 5.74) is 4.68. The molecule has 0 saturated heterocycles. The minimum Gasteiger partial charge on any atom is -0.278 e. The van der Waals surface area contributed by atoms with Crippen LogP contribution in [0.25, 0.3) is 10.9 Å². The van der Waals surface area contributed by atoms with E-state index in [0.717, 1.165) is 39.7 Å². The first-order valence-electron chi connectivity index (χ1n) is 7.76. The molecule has 0 unspecified atom stereocenters. The van der Waals surface area contributed by atoms with Gasteiger partial charge in [0.25, 0.3) is 0 Å². The number of rotatable bonds is 1. The van der Waals surface area contributed by atoms with Crippen LogP contribution in [0, 0.1) is 5.82 Å². The maximum Gasteiger partial charge on any atom is 0.123 e. The van der Waals surface area contributed by atoms with Crippen molar-refractivity contribution >= 4 is 16.6 Å². The van der Waals surface area contributed by atoms with Crippen LogP contribution in [0.5, 0.6) is 0 Å². The summed E-state index contributed by atoms with van der Waals surface area (Å²) in [4.78, 5) is 9.36. The quantitative estimate of drug-likeness (QED) is 0.647. The van der Waals surface area contributed by atoms with Crippen molar-refractivity contribution in [3.63, 3.8) is 0 Å². The van der Waals surface area contributed by atoms with E-state index in [1.807, 2.05) is 18.2 Å². The highest BCUT2D eigenvalue weighted by Gasteiger charge is 2.27. The van der Waals surface area contributed by atoms with Crippen molar-refractivity contribution in [2.75, 3.05) is 0 Å². The second kappa shape index (κ2) is 4.98. The Hall–Kier alpha value is -2.55. The van der Waals surface area contributed by atoms with Crippen LogP contribution < -0.4 is 0 Å².